The van der Waals surface area contributed by atoms with Crippen LogP contribution in [0.5, 0.6) is 0 Å². The Morgan fingerprint density at radius 2 is 2.18 bits per heavy atom. The molecule has 0 radical (unpaired) electrons. The molecule has 1 aromatic heterocycles. The third-order valence-electron chi connectivity index (χ3n) is 4.10. The molecule has 0 bridgehead atoms. The van der Waals surface area contributed by atoms with Gasteiger partial charge in [-0.2, -0.15) is 0 Å². The zero-order chi connectivity index (χ0) is 11.9. The van der Waals surface area contributed by atoms with Gasteiger partial charge in [-0.05, 0) is 25.7 Å². The average Bonchev–Trinajstić information content (AvgIpc) is 2.86. The highest BCUT2D eigenvalue weighted by Crippen LogP contribution is 2.42. The van der Waals surface area contributed by atoms with Crippen molar-refractivity contribution in [2.75, 3.05) is 0 Å². The van der Waals surface area contributed by atoms with Gasteiger partial charge in [-0.25, -0.2) is 0 Å². The summed E-state index contributed by atoms with van der Waals surface area (Å²) < 4.78 is 2.07. The Morgan fingerprint density at radius 3 is 2.76 bits per heavy atom. The van der Waals surface area contributed by atoms with Gasteiger partial charge in [-0.3, -0.25) is 4.79 Å². The SMILES string of the molecule is O=C(O)C1(Cc2nncn2C2CC2)CCCC1. The van der Waals surface area contributed by atoms with E-state index in [0.29, 0.717) is 12.5 Å². The van der Waals surface area contributed by atoms with Gasteiger partial charge in [-0.15, -0.1) is 10.2 Å². The van der Waals surface area contributed by atoms with Crippen molar-refractivity contribution < 1.29 is 9.90 Å². The van der Waals surface area contributed by atoms with Crippen molar-refractivity contribution in [2.45, 2.75) is 51.0 Å². The number of aromatic nitrogens is 3. The maximum Gasteiger partial charge on any atom is 0.310 e. The first-order chi connectivity index (χ1) is 8.21. The monoisotopic (exact) mass is 235 g/mol. The third-order valence-corrected chi connectivity index (χ3v) is 4.10. The molecule has 0 aromatic carbocycles. The summed E-state index contributed by atoms with van der Waals surface area (Å²) in [5.74, 6) is 0.192. The van der Waals surface area contributed by atoms with Crippen molar-refractivity contribution in [1.82, 2.24) is 14.8 Å². The van der Waals surface area contributed by atoms with E-state index < -0.39 is 11.4 Å². The van der Waals surface area contributed by atoms with Crippen LogP contribution >= 0.6 is 0 Å². The zero-order valence-corrected chi connectivity index (χ0v) is 9.80. The summed E-state index contributed by atoms with van der Waals surface area (Å²) >= 11 is 0. The van der Waals surface area contributed by atoms with Crippen LogP contribution in [0.25, 0.3) is 0 Å². The molecule has 17 heavy (non-hydrogen) atoms. The van der Waals surface area contributed by atoms with E-state index in [1.807, 2.05) is 0 Å². The molecule has 5 nitrogen and oxygen atoms in total. The Bertz CT molecular complexity index is 431. The minimum absolute atomic E-state index is 0.521. The van der Waals surface area contributed by atoms with E-state index in [1.165, 1.54) is 12.8 Å². The molecular formula is C12H17N3O2. The van der Waals surface area contributed by atoms with Crippen LogP contribution in [0.4, 0.5) is 0 Å². The van der Waals surface area contributed by atoms with Gasteiger partial charge in [0.2, 0.25) is 0 Å². The standard InChI is InChI=1S/C12H17N3O2/c16-11(17)12(5-1-2-6-12)7-10-14-13-8-15(10)9-3-4-9/h8-9H,1-7H2,(H,16,17). The number of hydrogen-bond acceptors (Lipinski definition) is 3. The van der Waals surface area contributed by atoms with E-state index >= 15 is 0 Å². The average molecular weight is 235 g/mol. The molecule has 2 aliphatic rings. The van der Waals surface area contributed by atoms with Crippen molar-refractivity contribution >= 4 is 5.97 Å². The van der Waals surface area contributed by atoms with E-state index in [0.717, 1.165) is 31.5 Å². The lowest BCUT2D eigenvalue weighted by Gasteiger charge is -2.23. The highest BCUT2D eigenvalue weighted by Gasteiger charge is 2.43. The molecule has 1 N–H and O–H groups in total. The highest BCUT2D eigenvalue weighted by molar-refractivity contribution is 5.75. The molecule has 0 saturated heterocycles. The molecule has 1 heterocycles. The van der Waals surface area contributed by atoms with Crippen LogP contribution in [0.15, 0.2) is 6.33 Å². The summed E-state index contributed by atoms with van der Waals surface area (Å²) in [6.45, 7) is 0. The largest absolute Gasteiger partial charge is 0.481 e. The first kappa shape index (κ1) is 10.7. The second-order valence-corrected chi connectivity index (χ2v) is 5.35. The van der Waals surface area contributed by atoms with E-state index in [4.69, 9.17) is 0 Å². The molecule has 0 amide bonds. The number of hydrogen-bond donors (Lipinski definition) is 1. The van der Waals surface area contributed by atoms with Crippen molar-refractivity contribution in [3.05, 3.63) is 12.2 Å². The summed E-state index contributed by atoms with van der Waals surface area (Å²) in [5.41, 5.74) is -0.584. The van der Waals surface area contributed by atoms with Gasteiger partial charge in [0.15, 0.2) is 0 Å². The quantitative estimate of drug-likeness (QED) is 0.864. The normalized spacial score (nSPS) is 22.8. The molecule has 0 atom stereocenters. The minimum atomic E-state index is -0.666. The van der Waals surface area contributed by atoms with E-state index in [9.17, 15) is 9.90 Å². The number of aliphatic carboxylic acids is 1. The molecule has 2 fully saturated rings. The maximum absolute atomic E-state index is 11.5. The van der Waals surface area contributed by atoms with Gasteiger partial charge >= 0.3 is 5.97 Å². The molecule has 1 aromatic rings. The first-order valence-corrected chi connectivity index (χ1v) is 6.33. The first-order valence-electron chi connectivity index (χ1n) is 6.33. The number of carbonyl (C=O) groups is 1. The number of carboxylic acid groups (broad SMARTS) is 1. The fourth-order valence-electron chi connectivity index (χ4n) is 2.87. The minimum Gasteiger partial charge on any atom is -0.481 e. The van der Waals surface area contributed by atoms with Crippen molar-refractivity contribution in [3.8, 4) is 0 Å². The van der Waals surface area contributed by atoms with Crippen molar-refractivity contribution in [1.29, 1.82) is 0 Å². The number of nitrogens with zero attached hydrogens (tertiary/aromatic N) is 3. The lowest BCUT2D eigenvalue weighted by molar-refractivity contribution is -0.148. The Hall–Kier alpha value is -1.39. The fourth-order valence-corrected chi connectivity index (χ4v) is 2.87. The molecule has 3 rings (SSSR count). The lowest BCUT2D eigenvalue weighted by Crippen LogP contribution is -2.31. The summed E-state index contributed by atoms with van der Waals surface area (Å²) in [6, 6.07) is 0.521. The predicted octanol–water partition coefficient (Wildman–Crippen LogP) is 1.80. The van der Waals surface area contributed by atoms with Gasteiger partial charge < -0.3 is 9.67 Å². The highest BCUT2D eigenvalue weighted by atomic mass is 16.4. The Morgan fingerprint density at radius 1 is 1.47 bits per heavy atom. The van der Waals surface area contributed by atoms with E-state index in [1.54, 1.807) is 6.33 Å². The Balaban J connectivity index is 1.84. The second-order valence-electron chi connectivity index (χ2n) is 5.35. The van der Waals surface area contributed by atoms with Crippen LogP contribution in [-0.2, 0) is 11.2 Å². The van der Waals surface area contributed by atoms with Crippen molar-refractivity contribution in [3.63, 3.8) is 0 Å². The van der Waals surface area contributed by atoms with E-state index in [-0.39, 0.29) is 0 Å². The van der Waals surface area contributed by atoms with Gasteiger partial charge in [0, 0.05) is 12.5 Å². The van der Waals surface area contributed by atoms with Crippen LogP contribution in [0.3, 0.4) is 0 Å². The lowest BCUT2D eigenvalue weighted by atomic mass is 9.82. The topological polar surface area (TPSA) is 68.0 Å². The number of rotatable bonds is 4. The third kappa shape index (κ3) is 1.83. The van der Waals surface area contributed by atoms with Crippen molar-refractivity contribution in [2.24, 2.45) is 5.41 Å². The van der Waals surface area contributed by atoms with Crippen LogP contribution in [-0.4, -0.2) is 25.8 Å². The predicted molar refractivity (Wildman–Crippen MR) is 60.5 cm³/mol. The smallest absolute Gasteiger partial charge is 0.310 e. The Labute approximate surface area is 99.9 Å². The van der Waals surface area contributed by atoms with Crippen LogP contribution in [0.1, 0.15) is 50.4 Å². The molecule has 5 heteroatoms. The summed E-state index contributed by atoms with van der Waals surface area (Å²) in [5, 5.41) is 17.5. The summed E-state index contributed by atoms with van der Waals surface area (Å²) in [4.78, 5) is 11.5. The molecule has 92 valence electrons. The molecule has 2 saturated carbocycles. The van der Waals surface area contributed by atoms with E-state index in [2.05, 4.69) is 14.8 Å². The molecule has 0 unspecified atom stereocenters. The number of carboxylic acids is 1. The van der Waals surface area contributed by atoms with Gasteiger partial charge in [-0.1, -0.05) is 12.8 Å². The maximum atomic E-state index is 11.5. The van der Waals surface area contributed by atoms with Crippen LogP contribution in [0, 0.1) is 5.41 Å². The molecular weight excluding hydrogens is 218 g/mol. The zero-order valence-electron chi connectivity index (χ0n) is 9.80. The summed E-state index contributed by atoms with van der Waals surface area (Å²) in [6.07, 6.45) is 8.22. The van der Waals surface area contributed by atoms with Crippen LogP contribution in [0.2, 0.25) is 0 Å². The fraction of sp³-hybridized carbons (Fsp3) is 0.750. The van der Waals surface area contributed by atoms with Gasteiger partial charge in [0.1, 0.15) is 12.2 Å². The molecule has 0 spiro atoms. The summed E-state index contributed by atoms with van der Waals surface area (Å²) in [7, 11) is 0. The molecule has 2 aliphatic carbocycles. The van der Waals surface area contributed by atoms with Crippen LogP contribution < -0.4 is 0 Å². The second kappa shape index (κ2) is 3.82. The van der Waals surface area contributed by atoms with Gasteiger partial charge in [0.25, 0.3) is 0 Å². The Kier molecular flexibility index (Phi) is 2.42. The molecule has 0 aliphatic heterocycles. The van der Waals surface area contributed by atoms with Gasteiger partial charge in [0.05, 0.1) is 5.41 Å².